The second kappa shape index (κ2) is 9.58. The van der Waals surface area contributed by atoms with Gasteiger partial charge in [0.25, 0.3) is 0 Å². The molecule has 2 heterocycles. The number of ether oxygens (including phenoxy) is 1. The maximum absolute atomic E-state index is 14.1. The quantitative estimate of drug-likeness (QED) is 0.346. The molecule has 7 heteroatoms. The number of esters is 1. The van der Waals surface area contributed by atoms with Gasteiger partial charge in [0.15, 0.2) is 5.78 Å². The minimum atomic E-state index is -0.999. The third-order valence-electron chi connectivity index (χ3n) is 6.66. The summed E-state index contributed by atoms with van der Waals surface area (Å²) in [7, 11) is 0. The van der Waals surface area contributed by atoms with Gasteiger partial charge in [-0.1, -0.05) is 36.4 Å². The summed E-state index contributed by atoms with van der Waals surface area (Å²) in [6.07, 6.45) is 0.383. The number of amides is 1. The Kier molecular flexibility index (Phi) is 6.34. The van der Waals surface area contributed by atoms with E-state index in [1.807, 2.05) is 47.8 Å². The predicted octanol–water partition coefficient (Wildman–Crippen LogP) is 5.60. The minimum Gasteiger partial charge on any atom is -0.465 e. The van der Waals surface area contributed by atoms with Crippen molar-refractivity contribution < 1.29 is 23.5 Å². The van der Waals surface area contributed by atoms with E-state index < -0.39 is 29.5 Å². The SMILES string of the molecule is CCOC(=O)C1C(=O)C2=C(CC1c1cccs1)N(c1ccccc1)C(=O)CC2c1ccc(F)cc1. The van der Waals surface area contributed by atoms with Crippen LogP contribution < -0.4 is 4.90 Å². The molecule has 0 bridgehead atoms. The van der Waals surface area contributed by atoms with Gasteiger partial charge >= 0.3 is 5.97 Å². The van der Waals surface area contributed by atoms with Gasteiger partial charge in [0.2, 0.25) is 5.91 Å². The van der Waals surface area contributed by atoms with Crippen molar-refractivity contribution in [2.45, 2.75) is 31.6 Å². The molecule has 3 atom stereocenters. The topological polar surface area (TPSA) is 63.7 Å². The van der Waals surface area contributed by atoms with E-state index in [0.717, 1.165) is 4.88 Å². The highest BCUT2D eigenvalue weighted by molar-refractivity contribution is 7.10. The number of carbonyl (C=O) groups is 3. The Morgan fingerprint density at radius 1 is 1.03 bits per heavy atom. The fourth-order valence-corrected chi connectivity index (χ4v) is 6.02. The van der Waals surface area contributed by atoms with Crippen LogP contribution in [-0.4, -0.2) is 24.3 Å². The molecule has 0 fully saturated rings. The molecule has 2 aliphatic rings. The lowest BCUT2D eigenvalue weighted by atomic mass is 9.69. The third-order valence-corrected chi connectivity index (χ3v) is 7.66. The number of anilines is 1. The van der Waals surface area contributed by atoms with E-state index in [-0.39, 0.29) is 24.7 Å². The van der Waals surface area contributed by atoms with Crippen LogP contribution in [0.25, 0.3) is 0 Å². The molecule has 1 aromatic heterocycles. The van der Waals surface area contributed by atoms with E-state index in [0.29, 0.717) is 28.9 Å². The summed E-state index contributed by atoms with van der Waals surface area (Å²) in [4.78, 5) is 43.3. The Hall–Kier alpha value is -3.58. The highest BCUT2D eigenvalue weighted by Gasteiger charge is 2.50. The molecule has 1 aliphatic heterocycles. The van der Waals surface area contributed by atoms with Gasteiger partial charge in [0.05, 0.1) is 6.61 Å². The number of halogens is 1. The molecule has 2 aromatic carbocycles. The van der Waals surface area contributed by atoms with Gasteiger partial charge < -0.3 is 4.74 Å². The number of hydrogen-bond donors (Lipinski definition) is 0. The summed E-state index contributed by atoms with van der Waals surface area (Å²) in [5.41, 5.74) is 2.39. The van der Waals surface area contributed by atoms with Crippen LogP contribution in [0.1, 0.15) is 42.0 Å². The number of thiophene rings is 1. The molecule has 1 aliphatic carbocycles. The zero-order valence-corrected chi connectivity index (χ0v) is 20.0. The molecule has 3 unspecified atom stereocenters. The number of carbonyl (C=O) groups excluding carboxylic acids is 3. The minimum absolute atomic E-state index is 0.0459. The molecule has 5 nitrogen and oxygen atoms in total. The lowest BCUT2D eigenvalue weighted by Crippen LogP contribution is -2.46. The van der Waals surface area contributed by atoms with Crippen molar-refractivity contribution in [1.82, 2.24) is 0 Å². The van der Waals surface area contributed by atoms with Crippen molar-refractivity contribution in [2.75, 3.05) is 11.5 Å². The lowest BCUT2D eigenvalue weighted by molar-refractivity contribution is -0.152. The summed E-state index contributed by atoms with van der Waals surface area (Å²) in [6, 6.07) is 18.9. The Bertz CT molecular complexity index is 1280. The van der Waals surface area contributed by atoms with E-state index >= 15 is 0 Å². The molecule has 0 N–H and O–H groups in total. The number of hydrogen-bond acceptors (Lipinski definition) is 5. The van der Waals surface area contributed by atoms with Gasteiger partial charge in [-0.2, -0.15) is 0 Å². The molecule has 0 saturated carbocycles. The van der Waals surface area contributed by atoms with Crippen LogP contribution in [0.5, 0.6) is 0 Å². The van der Waals surface area contributed by atoms with Crippen molar-refractivity contribution in [2.24, 2.45) is 5.92 Å². The largest absolute Gasteiger partial charge is 0.465 e. The van der Waals surface area contributed by atoms with Crippen LogP contribution in [0.4, 0.5) is 10.1 Å². The number of ketones is 1. The maximum Gasteiger partial charge on any atom is 0.317 e. The normalized spacial score (nSPS) is 22.2. The van der Waals surface area contributed by atoms with Crippen molar-refractivity contribution >= 4 is 34.7 Å². The van der Waals surface area contributed by atoms with E-state index in [4.69, 9.17) is 4.74 Å². The first-order chi connectivity index (χ1) is 17.0. The second-order valence-electron chi connectivity index (χ2n) is 8.65. The zero-order valence-electron chi connectivity index (χ0n) is 19.1. The monoisotopic (exact) mass is 489 g/mol. The Balaban J connectivity index is 1.71. The van der Waals surface area contributed by atoms with Gasteiger partial charge in [0, 0.05) is 40.1 Å². The van der Waals surface area contributed by atoms with Gasteiger partial charge in [-0.25, -0.2) is 4.39 Å². The first kappa shape index (κ1) is 23.2. The average Bonchev–Trinajstić information content (AvgIpc) is 3.39. The Morgan fingerprint density at radius 3 is 2.43 bits per heavy atom. The van der Waals surface area contributed by atoms with Crippen molar-refractivity contribution in [3.63, 3.8) is 0 Å². The summed E-state index contributed by atoms with van der Waals surface area (Å²) in [5.74, 6) is -3.42. The fraction of sp³-hybridized carbons (Fsp3) is 0.250. The first-order valence-electron chi connectivity index (χ1n) is 11.6. The smallest absolute Gasteiger partial charge is 0.317 e. The number of nitrogens with zero attached hydrogens (tertiary/aromatic N) is 1. The maximum atomic E-state index is 14.1. The first-order valence-corrected chi connectivity index (χ1v) is 12.5. The van der Waals surface area contributed by atoms with Gasteiger partial charge in [-0.05, 0) is 54.6 Å². The number of benzene rings is 2. The average molecular weight is 490 g/mol. The summed E-state index contributed by atoms with van der Waals surface area (Å²) < 4.78 is 19.0. The second-order valence-corrected chi connectivity index (χ2v) is 9.63. The molecule has 0 spiro atoms. The fourth-order valence-electron chi connectivity index (χ4n) is 5.16. The summed E-state index contributed by atoms with van der Waals surface area (Å²) in [6.45, 7) is 1.88. The molecule has 0 saturated heterocycles. The number of allylic oxidation sites excluding steroid dienone is 2. The predicted molar refractivity (Wildman–Crippen MR) is 132 cm³/mol. The summed E-state index contributed by atoms with van der Waals surface area (Å²) >= 11 is 1.48. The third kappa shape index (κ3) is 4.21. The Labute approximate surface area is 206 Å². The number of Topliss-reactive ketones (excluding diaryl/α,β-unsaturated/α-hetero) is 1. The molecular formula is C28H24FNO4S. The van der Waals surface area contributed by atoms with Crippen molar-refractivity contribution in [3.8, 4) is 0 Å². The molecule has 0 radical (unpaired) electrons. The molecule has 1 amide bonds. The number of para-hydroxylation sites is 1. The van der Waals surface area contributed by atoms with Crippen LogP contribution >= 0.6 is 11.3 Å². The molecule has 3 aromatic rings. The number of rotatable bonds is 5. The van der Waals surface area contributed by atoms with E-state index in [9.17, 15) is 18.8 Å². The van der Waals surface area contributed by atoms with Gasteiger partial charge in [0.1, 0.15) is 11.7 Å². The van der Waals surface area contributed by atoms with E-state index in [1.165, 1.54) is 23.5 Å². The summed E-state index contributed by atoms with van der Waals surface area (Å²) in [5, 5.41) is 1.91. The van der Waals surface area contributed by atoms with Crippen LogP contribution in [-0.2, 0) is 19.1 Å². The molecule has 5 rings (SSSR count). The molecule has 178 valence electrons. The van der Waals surface area contributed by atoms with E-state index in [2.05, 4.69) is 0 Å². The lowest BCUT2D eigenvalue weighted by Gasteiger charge is -2.42. The van der Waals surface area contributed by atoms with Crippen LogP contribution in [0, 0.1) is 11.7 Å². The highest BCUT2D eigenvalue weighted by atomic mass is 32.1. The van der Waals surface area contributed by atoms with Gasteiger partial charge in [-0.3, -0.25) is 19.3 Å². The van der Waals surface area contributed by atoms with Crippen LogP contribution in [0.15, 0.2) is 83.4 Å². The molecule has 35 heavy (non-hydrogen) atoms. The molecular weight excluding hydrogens is 465 g/mol. The van der Waals surface area contributed by atoms with Crippen molar-refractivity contribution in [3.05, 3.63) is 99.6 Å². The van der Waals surface area contributed by atoms with Crippen LogP contribution in [0.2, 0.25) is 0 Å². The zero-order chi connectivity index (χ0) is 24.5. The van der Waals surface area contributed by atoms with Crippen molar-refractivity contribution in [1.29, 1.82) is 0 Å². The highest BCUT2D eigenvalue weighted by Crippen LogP contribution is 2.50. The Morgan fingerprint density at radius 2 is 1.77 bits per heavy atom. The van der Waals surface area contributed by atoms with Crippen LogP contribution in [0.3, 0.4) is 0 Å². The van der Waals surface area contributed by atoms with E-state index in [1.54, 1.807) is 24.0 Å². The standard InChI is InChI=1S/C28H24FNO4S/c1-2-34-28(33)26-21(23-9-6-14-35-23)15-22-25(27(26)32)20(17-10-12-18(29)13-11-17)16-24(31)30(22)19-7-4-3-5-8-19/h3-14,20-21,26H,2,15-16H2,1H3. The van der Waals surface area contributed by atoms with Gasteiger partial charge in [-0.15, -0.1) is 11.3 Å².